The fourth-order valence-electron chi connectivity index (χ4n) is 2.62. The maximum Gasteiger partial charge on any atom is 0.0843 e. The van der Waals surface area contributed by atoms with Crippen LogP contribution in [0.2, 0.25) is 0 Å². The second kappa shape index (κ2) is 6.69. The van der Waals surface area contributed by atoms with Gasteiger partial charge in [-0.25, -0.2) is 0 Å². The zero-order valence-corrected chi connectivity index (χ0v) is 13.9. The highest BCUT2D eigenvalue weighted by molar-refractivity contribution is 9.13. The Balaban J connectivity index is 1.93. The maximum absolute atomic E-state index is 6.33. The molecule has 1 saturated carbocycles. The third-order valence-corrected chi connectivity index (χ3v) is 6.98. The van der Waals surface area contributed by atoms with Gasteiger partial charge in [-0.15, -0.1) is 11.3 Å². The monoisotopic (exact) mass is 379 g/mol. The van der Waals surface area contributed by atoms with Crippen molar-refractivity contribution in [1.82, 2.24) is 0 Å². The van der Waals surface area contributed by atoms with E-state index in [0.717, 1.165) is 20.6 Å². The third kappa shape index (κ3) is 4.05. The van der Waals surface area contributed by atoms with Gasteiger partial charge in [-0.3, -0.25) is 0 Å². The van der Waals surface area contributed by atoms with Crippen molar-refractivity contribution in [1.29, 1.82) is 0 Å². The third-order valence-electron chi connectivity index (χ3n) is 3.59. The molecule has 17 heavy (non-hydrogen) atoms. The van der Waals surface area contributed by atoms with Crippen molar-refractivity contribution >= 4 is 43.2 Å². The molecule has 1 atom stereocenters. The molecule has 1 fully saturated rings. The van der Waals surface area contributed by atoms with Crippen molar-refractivity contribution in [2.75, 3.05) is 0 Å². The van der Waals surface area contributed by atoms with Crippen molar-refractivity contribution in [3.8, 4) is 0 Å². The lowest BCUT2D eigenvalue weighted by molar-refractivity contribution is 0.395. The van der Waals surface area contributed by atoms with Gasteiger partial charge in [0.25, 0.3) is 0 Å². The highest BCUT2D eigenvalue weighted by Crippen LogP contribution is 2.38. The van der Waals surface area contributed by atoms with Gasteiger partial charge in [0.1, 0.15) is 0 Å². The molecule has 0 radical (unpaired) electrons. The zero-order valence-electron chi connectivity index (χ0n) is 9.92. The summed E-state index contributed by atoms with van der Waals surface area (Å²) in [6, 6.07) is 2.38. The van der Waals surface area contributed by atoms with Crippen LogP contribution in [0.25, 0.3) is 0 Å². The Hall–Kier alpha value is 0.620. The minimum Gasteiger partial charge on any atom is -0.323 e. The van der Waals surface area contributed by atoms with Crippen LogP contribution in [0, 0.1) is 5.92 Å². The molecule has 0 saturated heterocycles. The molecule has 1 unspecified atom stereocenters. The number of halogens is 2. The van der Waals surface area contributed by atoms with Crippen LogP contribution < -0.4 is 5.73 Å². The van der Waals surface area contributed by atoms with E-state index in [-0.39, 0.29) is 6.04 Å². The average molecular weight is 381 g/mol. The minimum atomic E-state index is 0.214. The first kappa shape index (κ1) is 14.0. The van der Waals surface area contributed by atoms with Gasteiger partial charge in [-0.1, -0.05) is 38.5 Å². The molecule has 1 nitrogen and oxygen atoms in total. The molecule has 2 N–H and O–H groups in total. The Morgan fingerprint density at radius 1 is 1.24 bits per heavy atom. The lowest BCUT2D eigenvalue weighted by Gasteiger charge is -2.18. The van der Waals surface area contributed by atoms with Gasteiger partial charge < -0.3 is 5.73 Å². The van der Waals surface area contributed by atoms with Crippen LogP contribution in [0.15, 0.2) is 14.3 Å². The van der Waals surface area contributed by atoms with E-state index in [1.807, 2.05) is 0 Å². The van der Waals surface area contributed by atoms with E-state index in [9.17, 15) is 0 Å². The van der Waals surface area contributed by atoms with Gasteiger partial charge in [0.15, 0.2) is 0 Å². The van der Waals surface area contributed by atoms with Crippen molar-refractivity contribution in [2.24, 2.45) is 11.7 Å². The van der Waals surface area contributed by atoms with Crippen LogP contribution in [-0.2, 0) is 0 Å². The Kier molecular flexibility index (Phi) is 5.52. The average Bonchev–Trinajstić information content (AvgIpc) is 2.54. The number of nitrogens with two attached hydrogens (primary N) is 1. The molecular formula is C13H19Br2NS. The molecular weight excluding hydrogens is 362 g/mol. The molecule has 0 aliphatic heterocycles. The smallest absolute Gasteiger partial charge is 0.0843 e. The van der Waals surface area contributed by atoms with Gasteiger partial charge in [0.05, 0.1) is 3.79 Å². The summed E-state index contributed by atoms with van der Waals surface area (Å²) in [4.78, 5) is 1.30. The summed E-state index contributed by atoms with van der Waals surface area (Å²) in [6.45, 7) is 0. The summed E-state index contributed by atoms with van der Waals surface area (Å²) in [7, 11) is 0. The van der Waals surface area contributed by atoms with E-state index in [1.54, 1.807) is 11.3 Å². The zero-order chi connectivity index (χ0) is 12.3. The SMILES string of the molecule is NC(CC1CCCCCC1)c1cc(Br)c(Br)s1. The number of hydrogen-bond acceptors (Lipinski definition) is 2. The van der Waals surface area contributed by atoms with Gasteiger partial charge in [0.2, 0.25) is 0 Å². The van der Waals surface area contributed by atoms with Crippen molar-refractivity contribution in [3.05, 3.63) is 19.2 Å². The van der Waals surface area contributed by atoms with Crippen molar-refractivity contribution < 1.29 is 0 Å². The quantitative estimate of drug-likeness (QED) is 0.675. The van der Waals surface area contributed by atoms with Crippen LogP contribution >= 0.6 is 43.2 Å². The van der Waals surface area contributed by atoms with Crippen LogP contribution in [-0.4, -0.2) is 0 Å². The van der Waals surface area contributed by atoms with Gasteiger partial charge in [-0.05, 0) is 50.3 Å². The van der Waals surface area contributed by atoms with Gasteiger partial charge in [-0.2, -0.15) is 0 Å². The van der Waals surface area contributed by atoms with Crippen LogP contribution in [0.5, 0.6) is 0 Å². The van der Waals surface area contributed by atoms with Crippen molar-refractivity contribution in [3.63, 3.8) is 0 Å². The van der Waals surface area contributed by atoms with E-state index in [4.69, 9.17) is 5.73 Å². The van der Waals surface area contributed by atoms with E-state index in [2.05, 4.69) is 37.9 Å². The fraction of sp³-hybridized carbons (Fsp3) is 0.692. The molecule has 1 aromatic rings. The Labute approximate surface area is 124 Å². The molecule has 96 valence electrons. The lowest BCUT2D eigenvalue weighted by Crippen LogP contribution is -2.14. The Morgan fingerprint density at radius 2 is 1.88 bits per heavy atom. The second-order valence-corrected chi connectivity index (χ2v) is 8.23. The predicted molar refractivity (Wildman–Crippen MR) is 82.5 cm³/mol. The molecule has 0 spiro atoms. The first-order valence-electron chi connectivity index (χ1n) is 6.37. The Morgan fingerprint density at radius 3 is 2.41 bits per heavy atom. The molecule has 0 amide bonds. The van der Waals surface area contributed by atoms with Gasteiger partial charge >= 0.3 is 0 Å². The summed E-state index contributed by atoms with van der Waals surface area (Å²) < 4.78 is 2.29. The largest absolute Gasteiger partial charge is 0.323 e. The molecule has 4 heteroatoms. The summed E-state index contributed by atoms with van der Waals surface area (Å²) in [5.41, 5.74) is 6.33. The van der Waals surface area contributed by atoms with Gasteiger partial charge in [0, 0.05) is 15.4 Å². The first-order chi connectivity index (χ1) is 8.16. The second-order valence-electron chi connectivity index (χ2n) is 4.97. The highest BCUT2D eigenvalue weighted by Gasteiger charge is 2.18. The number of thiophene rings is 1. The normalized spacial score (nSPS) is 20.2. The molecule has 0 bridgehead atoms. The summed E-state index contributed by atoms with van der Waals surface area (Å²) >= 11 is 8.83. The first-order valence-corrected chi connectivity index (χ1v) is 8.77. The van der Waals surface area contributed by atoms with Crippen LogP contribution in [0.1, 0.15) is 55.9 Å². The molecule has 1 aromatic heterocycles. The standard InChI is InChI=1S/C13H19Br2NS/c14-10-8-12(17-13(10)15)11(16)7-9-5-3-1-2-4-6-9/h8-9,11H,1-7,16H2. The molecule has 1 aliphatic carbocycles. The van der Waals surface area contributed by atoms with Crippen LogP contribution in [0.3, 0.4) is 0 Å². The van der Waals surface area contributed by atoms with E-state index < -0.39 is 0 Å². The molecule has 1 heterocycles. The van der Waals surface area contributed by atoms with E-state index >= 15 is 0 Å². The summed E-state index contributed by atoms with van der Waals surface area (Å²) in [5, 5.41) is 0. The fourth-order valence-corrected chi connectivity index (χ4v) is 4.72. The number of rotatable bonds is 3. The minimum absolute atomic E-state index is 0.214. The highest BCUT2D eigenvalue weighted by atomic mass is 79.9. The Bertz CT molecular complexity index is 337. The summed E-state index contributed by atoms with van der Waals surface area (Å²) in [5.74, 6) is 0.840. The van der Waals surface area contributed by atoms with Crippen LogP contribution in [0.4, 0.5) is 0 Å². The van der Waals surface area contributed by atoms with Crippen molar-refractivity contribution in [2.45, 2.75) is 51.0 Å². The lowest BCUT2D eigenvalue weighted by atomic mass is 9.92. The molecule has 2 rings (SSSR count). The topological polar surface area (TPSA) is 26.0 Å². The number of hydrogen-bond donors (Lipinski definition) is 1. The van der Waals surface area contributed by atoms with E-state index in [0.29, 0.717) is 0 Å². The summed E-state index contributed by atoms with van der Waals surface area (Å²) in [6.07, 6.45) is 9.54. The maximum atomic E-state index is 6.33. The molecule has 1 aliphatic rings. The molecule has 0 aromatic carbocycles. The predicted octanol–water partition coefficient (Wildman–Crippen LogP) is 5.63. The van der Waals surface area contributed by atoms with E-state index in [1.165, 1.54) is 43.4 Å².